The van der Waals surface area contributed by atoms with E-state index < -0.39 is 18.5 Å². The quantitative estimate of drug-likeness (QED) is 0.667. The van der Waals surface area contributed by atoms with Crippen LogP contribution in [-0.4, -0.2) is 18.5 Å². The number of amides is 1. The van der Waals surface area contributed by atoms with Gasteiger partial charge in [-0.15, -0.1) is 0 Å². The van der Waals surface area contributed by atoms with Gasteiger partial charge in [-0.25, -0.2) is 0 Å². The van der Waals surface area contributed by atoms with Crippen LogP contribution in [0.15, 0.2) is 78.9 Å². The highest BCUT2D eigenvalue weighted by Gasteiger charge is 2.11. The Bertz CT molecular complexity index is 1010. The lowest BCUT2D eigenvalue weighted by Crippen LogP contribution is -2.22. The molecule has 0 aliphatic heterocycles. The molecule has 0 aliphatic carbocycles. The van der Waals surface area contributed by atoms with Crippen LogP contribution in [-0.2, 0) is 20.7 Å². The van der Waals surface area contributed by atoms with Crippen molar-refractivity contribution in [2.45, 2.75) is 6.42 Å². The summed E-state index contributed by atoms with van der Waals surface area (Å²) in [6.07, 6.45) is 0.0805. The zero-order valence-corrected chi connectivity index (χ0v) is 15.1. The first kappa shape index (κ1) is 18.9. The summed E-state index contributed by atoms with van der Waals surface area (Å²) in [5, 5.41) is 11.6. The van der Waals surface area contributed by atoms with Gasteiger partial charge in [0.05, 0.1) is 17.7 Å². The second kappa shape index (κ2) is 9.15. The van der Waals surface area contributed by atoms with Crippen molar-refractivity contribution in [3.8, 4) is 17.2 Å². The molecule has 0 bridgehead atoms. The number of nitriles is 1. The lowest BCUT2D eigenvalue weighted by Gasteiger charge is -2.08. The van der Waals surface area contributed by atoms with Crippen molar-refractivity contribution in [3.05, 3.63) is 90.0 Å². The number of benzene rings is 3. The molecule has 0 unspecified atom stereocenters. The van der Waals surface area contributed by atoms with Crippen molar-refractivity contribution >= 4 is 17.6 Å². The van der Waals surface area contributed by atoms with Crippen molar-refractivity contribution in [1.82, 2.24) is 0 Å². The number of anilines is 1. The number of ether oxygens (including phenoxy) is 1. The third-order valence-corrected chi connectivity index (χ3v) is 4.10. The van der Waals surface area contributed by atoms with Crippen LogP contribution in [0, 0.1) is 11.3 Å². The average molecular weight is 370 g/mol. The number of para-hydroxylation sites is 1. The maximum atomic E-state index is 12.0. The second-order valence-corrected chi connectivity index (χ2v) is 6.11. The minimum absolute atomic E-state index is 0.0805. The summed E-state index contributed by atoms with van der Waals surface area (Å²) in [4.78, 5) is 23.9. The van der Waals surface area contributed by atoms with E-state index in [0.717, 1.165) is 16.7 Å². The van der Waals surface area contributed by atoms with Gasteiger partial charge in [-0.2, -0.15) is 5.26 Å². The van der Waals surface area contributed by atoms with Gasteiger partial charge in [0.15, 0.2) is 6.61 Å². The first-order valence-corrected chi connectivity index (χ1v) is 8.74. The highest BCUT2D eigenvalue weighted by atomic mass is 16.5. The minimum atomic E-state index is -0.490. The maximum Gasteiger partial charge on any atom is 0.310 e. The Labute approximate surface area is 163 Å². The van der Waals surface area contributed by atoms with E-state index in [1.807, 2.05) is 60.7 Å². The number of esters is 1. The van der Waals surface area contributed by atoms with Crippen LogP contribution >= 0.6 is 0 Å². The summed E-state index contributed by atoms with van der Waals surface area (Å²) in [5.41, 5.74) is 3.71. The van der Waals surface area contributed by atoms with Crippen LogP contribution in [0.25, 0.3) is 11.1 Å². The topological polar surface area (TPSA) is 79.2 Å². The molecule has 0 fully saturated rings. The van der Waals surface area contributed by atoms with E-state index in [1.165, 1.54) is 0 Å². The predicted molar refractivity (Wildman–Crippen MR) is 106 cm³/mol. The molecular formula is C23H18N2O3. The molecule has 0 radical (unpaired) electrons. The SMILES string of the molecule is N#Cc1ccccc1NC(=O)COC(=O)Cc1ccc(-c2ccccc2)cc1. The van der Waals surface area contributed by atoms with E-state index in [2.05, 4.69) is 5.32 Å². The first-order valence-electron chi connectivity index (χ1n) is 8.74. The standard InChI is InChI=1S/C23H18N2O3/c24-15-20-8-4-5-9-21(20)25-22(26)16-28-23(27)14-17-10-12-19(13-11-17)18-6-2-1-3-7-18/h1-13H,14,16H2,(H,25,26). The van der Waals surface area contributed by atoms with E-state index in [0.29, 0.717) is 11.3 Å². The van der Waals surface area contributed by atoms with E-state index in [-0.39, 0.29) is 6.42 Å². The third kappa shape index (κ3) is 5.05. The normalized spacial score (nSPS) is 9.96. The number of carbonyl (C=O) groups is 2. The van der Waals surface area contributed by atoms with Crippen molar-refractivity contribution in [2.75, 3.05) is 11.9 Å². The lowest BCUT2D eigenvalue weighted by molar-refractivity contribution is -0.146. The Morgan fingerprint density at radius 3 is 2.21 bits per heavy atom. The number of hydrogen-bond donors (Lipinski definition) is 1. The number of hydrogen-bond acceptors (Lipinski definition) is 4. The first-order chi connectivity index (χ1) is 13.7. The fraction of sp³-hybridized carbons (Fsp3) is 0.0870. The van der Waals surface area contributed by atoms with E-state index >= 15 is 0 Å². The Morgan fingerprint density at radius 1 is 0.857 bits per heavy atom. The van der Waals surface area contributed by atoms with Gasteiger partial charge in [0.1, 0.15) is 6.07 Å². The van der Waals surface area contributed by atoms with Crippen molar-refractivity contribution in [1.29, 1.82) is 5.26 Å². The third-order valence-electron chi connectivity index (χ3n) is 4.10. The van der Waals surface area contributed by atoms with Crippen LogP contribution in [0.5, 0.6) is 0 Å². The van der Waals surface area contributed by atoms with Crippen LogP contribution in [0.4, 0.5) is 5.69 Å². The molecule has 3 aromatic carbocycles. The van der Waals surface area contributed by atoms with Gasteiger partial charge in [0.25, 0.3) is 5.91 Å². The maximum absolute atomic E-state index is 12.0. The monoisotopic (exact) mass is 370 g/mol. The molecule has 0 atom stereocenters. The Morgan fingerprint density at radius 2 is 1.50 bits per heavy atom. The fourth-order valence-electron chi connectivity index (χ4n) is 2.69. The van der Waals surface area contributed by atoms with Gasteiger partial charge in [-0.05, 0) is 28.8 Å². The van der Waals surface area contributed by atoms with E-state index in [4.69, 9.17) is 10.00 Å². The summed E-state index contributed by atoms with van der Waals surface area (Å²) >= 11 is 0. The Kier molecular flexibility index (Phi) is 6.17. The van der Waals surface area contributed by atoms with Gasteiger partial charge >= 0.3 is 5.97 Å². The van der Waals surface area contributed by atoms with Gasteiger partial charge in [0, 0.05) is 0 Å². The Balaban J connectivity index is 1.50. The van der Waals surface area contributed by atoms with E-state index in [1.54, 1.807) is 24.3 Å². The van der Waals surface area contributed by atoms with Gasteiger partial charge in [0.2, 0.25) is 0 Å². The molecule has 0 aromatic heterocycles. The molecule has 0 saturated carbocycles. The molecule has 3 rings (SSSR count). The van der Waals surface area contributed by atoms with Crippen LogP contribution in [0.1, 0.15) is 11.1 Å². The molecule has 0 saturated heterocycles. The predicted octanol–water partition coefficient (Wildman–Crippen LogP) is 3.95. The van der Waals surface area contributed by atoms with Crippen LogP contribution in [0.3, 0.4) is 0 Å². The summed E-state index contributed by atoms with van der Waals surface area (Å²) in [6.45, 7) is -0.402. The second-order valence-electron chi connectivity index (χ2n) is 6.11. The number of nitrogens with one attached hydrogen (secondary N) is 1. The molecule has 5 nitrogen and oxygen atoms in total. The lowest BCUT2D eigenvalue weighted by atomic mass is 10.0. The van der Waals surface area contributed by atoms with Gasteiger partial charge in [-0.1, -0.05) is 66.7 Å². The van der Waals surface area contributed by atoms with Crippen LogP contribution in [0.2, 0.25) is 0 Å². The molecule has 28 heavy (non-hydrogen) atoms. The molecule has 5 heteroatoms. The molecule has 1 N–H and O–H groups in total. The number of nitrogens with zero attached hydrogens (tertiary/aromatic N) is 1. The molecule has 0 heterocycles. The molecular weight excluding hydrogens is 352 g/mol. The highest BCUT2D eigenvalue weighted by molar-refractivity contribution is 5.94. The molecule has 0 aliphatic rings. The number of rotatable bonds is 6. The summed E-state index contributed by atoms with van der Waals surface area (Å²) in [7, 11) is 0. The zero-order valence-electron chi connectivity index (χ0n) is 15.1. The Hall–Kier alpha value is -3.91. The fourth-order valence-corrected chi connectivity index (χ4v) is 2.69. The largest absolute Gasteiger partial charge is 0.455 e. The summed E-state index contributed by atoms with van der Waals surface area (Å²) in [5.74, 6) is -0.980. The van der Waals surface area contributed by atoms with Crippen molar-refractivity contribution in [2.24, 2.45) is 0 Å². The van der Waals surface area contributed by atoms with Crippen molar-refractivity contribution < 1.29 is 14.3 Å². The molecule has 3 aromatic rings. The average Bonchev–Trinajstić information content (AvgIpc) is 2.74. The molecule has 138 valence electrons. The highest BCUT2D eigenvalue weighted by Crippen LogP contribution is 2.19. The number of carbonyl (C=O) groups excluding carboxylic acids is 2. The smallest absolute Gasteiger partial charge is 0.310 e. The summed E-state index contributed by atoms with van der Waals surface area (Å²) in [6, 6.07) is 26.2. The summed E-state index contributed by atoms with van der Waals surface area (Å²) < 4.78 is 5.03. The molecule has 1 amide bonds. The van der Waals surface area contributed by atoms with Crippen LogP contribution < -0.4 is 5.32 Å². The molecule has 0 spiro atoms. The zero-order chi connectivity index (χ0) is 19.8. The van der Waals surface area contributed by atoms with Gasteiger partial charge in [-0.3, -0.25) is 9.59 Å². The van der Waals surface area contributed by atoms with Gasteiger partial charge < -0.3 is 10.1 Å². The minimum Gasteiger partial charge on any atom is -0.455 e. The van der Waals surface area contributed by atoms with Crippen molar-refractivity contribution in [3.63, 3.8) is 0 Å². The van der Waals surface area contributed by atoms with E-state index in [9.17, 15) is 9.59 Å².